The lowest BCUT2D eigenvalue weighted by atomic mass is 10.2. The summed E-state index contributed by atoms with van der Waals surface area (Å²) in [6.07, 6.45) is 3.33. The van der Waals surface area contributed by atoms with Crippen LogP contribution in [0.1, 0.15) is 29.5 Å². The van der Waals surface area contributed by atoms with Crippen LogP contribution in [0.25, 0.3) is 5.65 Å². The number of hydrogen-bond acceptors (Lipinski definition) is 5. The summed E-state index contributed by atoms with van der Waals surface area (Å²) in [5.74, 6) is 0.455. The molecule has 0 saturated carbocycles. The predicted octanol–water partition coefficient (Wildman–Crippen LogP) is 1.49. The number of rotatable bonds is 6. The molecule has 19 heavy (non-hydrogen) atoms. The maximum atomic E-state index is 11.5. The van der Waals surface area contributed by atoms with Crippen molar-refractivity contribution in [1.29, 1.82) is 0 Å². The van der Waals surface area contributed by atoms with E-state index in [0.717, 1.165) is 24.3 Å². The quantitative estimate of drug-likeness (QED) is 0.583. The summed E-state index contributed by atoms with van der Waals surface area (Å²) in [5.41, 5.74) is 1.21. The van der Waals surface area contributed by atoms with E-state index in [9.17, 15) is 4.79 Å². The van der Waals surface area contributed by atoms with Crippen LogP contribution in [0.2, 0.25) is 0 Å². The van der Waals surface area contributed by atoms with E-state index in [1.807, 2.05) is 11.3 Å². The van der Waals surface area contributed by atoms with Gasteiger partial charge in [-0.1, -0.05) is 0 Å². The van der Waals surface area contributed by atoms with Gasteiger partial charge in [0, 0.05) is 25.8 Å². The number of carbonyl (C=O) groups excluding carboxylic acids is 1. The summed E-state index contributed by atoms with van der Waals surface area (Å²) >= 11 is 0. The Bertz CT molecular complexity index is 565. The predicted molar refractivity (Wildman–Crippen MR) is 69.1 cm³/mol. The second kappa shape index (κ2) is 6.29. The van der Waals surface area contributed by atoms with E-state index in [1.165, 1.54) is 7.11 Å². The van der Waals surface area contributed by atoms with E-state index in [-0.39, 0.29) is 5.97 Å². The van der Waals surface area contributed by atoms with Crippen LogP contribution in [-0.4, -0.2) is 40.9 Å². The Kier molecular flexibility index (Phi) is 4.46. The average Bonchev–Trinajstić information content (AvgIpc) is 2.85. The van der Waals surface area contributed by atoms with Gasteiger partial charge in [-0.2, -0.15) is 0 Å². The van der Waals surface area contributed by atoms with Crippen molar-refractivity contribution < 1.29 is 14.3 Å². The Labute approximate surface area is 111 Å². The standard InChI is InChI=1S/C13H17N3O3/c1-3-19-8-4-5-11-14-15-12-7-6-10(9-16(11)12)13(17)18-2/h6-7,9H,3-5,8H2,1-2H3. The Morgan fingerprint density at radius 2 is 2.21 bits per heavy atom. The van der Waals surface area contributed by atoms with Crippen molar-refractivity contribution in [2.45, 2.75) is 19.8 Å². The molecule has 0 aliphatic heterocycles. The van der Waals surface area contributed by atoms with Crippen molar-refractivity contribution in [2.24, 2.45) is 0 Å². The van der Waals surface area contributed by atoms with Crippen LogP contribution in [0.5, 0.6) is 0 Å². The number of ether oxygens (including phenoxy) is 2. The summed E-state index contributed by atoms with van der Waals surface area (Å²) in [7, 11) is 1.36. The molecule has 0 atom stereocenters. The van der Waals surface area contributed by atoms with Crippen molar-refractivity contribution in [3.05, 3.63) is 29.7 Å². The Hall–Kier alpha value is -1.95. The molecule has 0 spiro atoms. The minimum Gasteiger partial charge on any atom is -0.465 e. The zero-order valence-electron chi connectivity index (χ0n) is 11.1. The summed E-state index contributed by atoms with van der Waals surface area (Å²) in [6.45, 7) is 3.38. The zero-order valence-corrected chi connectivity index (χ0v) is 11.1. The number of pyridine rings is 1. The summed E-state index contributed by atoms with van der Waals surface area (Å²) in [4.78, 5) is 11.5. The Morgan fingerprint density at radius 3 is 2.95 bits per heavy atom. The summed E-state index contributed by atoms with van der Waals surface area (Å²) < 4.78 is 11.8. The van der Waals surface area contributed by atoms with Gasteiger partial charge in [-0.3, -0.25) is 4.40 Å². The molecule has 0 aliphatic carbocycles. The first-order valence-electron chi connectivity index (χ1n) is 6.26. The van der Waals surface area contributed by atoms with E-state index < -0.39 is 0 Å². The third-order valence-corrected chi connectivity index (χ3v) is 2.79. The number of hydrogen-bond donors (Lipinski definition) is 0. The molecular weight excluding hydrogens is 246 g/mol. The second-order valence-corrected chi connectivity index (χ2v) is 4.05. The highest BCUT2D eigenvalue weighted by Crippen LogP contribution is 2.09. The molecule has 0 saturated heterocycles. The van der Waals surface area contributed by atoms with Gasteiger partial charge >= 0.3 is 5.97 Å². The fourth-order valence-electron chi connectivity index (χ4n) is 1.82. The molecule has 2 heterocycles. The van der Waals surface area contributed by atoms with Gasteiger partial charge in [0.15, 0.2) is 5.65 Å². The van der Waals surface area contributed by atoms with E-state index in [2.05, 4.69) is 10.2 Å². The van der Waals surface area contributed by atoms with Gasteiger partial charge in [0.25, 0.3) is 0 Å². The number of nitrogens with zero attached hydrogens (tertiary/aromatic N) is 3. The van der Waals surface area contributed by atoms with Crippen molar-refractivity contribution in [3.8, 4) is 0 Å². The number of aryl methyl sites for hydroxylation is 1. The lowest BCUT2D eigenvalue weighted by Gasteiger charge is -2.03. The minimum atomic E-state index is -0.365. The van der Waals surface area contributed by atoms with Gasteiger partial charge in [-0.15, -0.1) is 10.2 Å². The van der Waals surface area contributed by atoms with Crippen LogP contribution in [0.3, 0.4) is 0 Å². The lowest BCUT2D eigenvalue weighted by molar-refractivity contribution is 0.0600. The maximum absolute atomic E-state index is 11.5. The first kappa shape index (κ1) is 13.5. The first-order chi connectivity index (χ1) is 9.26. The van der Waals surface area contributed by atoms with Crippen molar-refractivity contribution in [1.82, 2.24) is 14.6 Å². The third kappa shape index (κ3) is 3.08. The fourth-order valence-corrected chi connectivity index (χ4v) is 1.82. The maximum Gasteiger partial charge on any atom is 0.339 e. The van der Waals surface area contributed by atoms with Crippen molar-refractivity contribution in [3.63, 3.8) is 0 Å². The molecule has 102 valence electrons. The molecule has 0 unspecified atom stereocenters. The van der Waals surface area contributed by atoms with Crippen molar-refractivity contribution in [2.75, 3.05) is 20.3 Å². The number of fused-ring (bicyclic) bond motifs is 1. The van der Waals surface area contributed by atoms with Gasteiger partial charge in [-0.25, -0.2) is 4.79 Å². The Morgan fingerprint density at radius 1 is 1.37 bits per heavy atom. The molecule has 6 nitrogen and oxygen atoms in total. The highest BCUT2D eigenvalue weighted by atomic mass is 16.5. The normalized spacial score (nSPS) is 10.8. The van der Waals surface area contributed by atoms with Crippen LogP contribution in [0.4, 0.5) is 0 Å². The highest BCUT2D eigenvalue weighted by molar-refractivity contribution is 5.89. The van der Waals surface area contributed by atoms with E-state index in [0.29, 0.717) is 18.8 Å². The van der Waals surface area contributed by atoms with Crippen molar-refractivity contribution >= 4 is 11.6 Å². The number of carbonyl (C=O) groups is 1. The van der Waals surface area contributed by atoms with Crippen LogP contribution in [-0.2, 0) is 15.9 Å². The molecule has 6 heteroatoms. The SMILES string of the molecule is CCOCCCc1nnc2ccc(C(=O)OC)cn12. The summed E-state index contributed by atoms with van der Waals surface area (Å²) in [6, 6.07) is 3.44. The Balaban J connectivity index is 2.17. The van der Waals surface area contributed by atoms with Gasteiger partial charge < -0.3 is 9.47 Å². The molecule has 0 bridgehead atoms. The number of aromatic nitrogens is 3. The van der Waals surface area contributed by atoms with E-state index in [4.69, 9.17) is 9.47 Å². The molecule has 0 fully saturated rings. The first-order valence-corrected chi connectivity index (χ1v) is 6.26. The lowest BCUT2D eigenvalue weighted by Crippen LogP contribution is -2.05. The molecule has 0 aliphatic rings. The molecule has 2 aromatic rings. The topological polar surface area (TPSA) is 65.7 Å². The van der Waals surface area contributed by atoms with Gasteiger partial charge in [0.05, 0.1) is 12.7 Å². The molecule has 2 aromatic heterocycles. The molecule has 0 amide bonds. The highest BCUT2D eigenvalue weighted by Gasteiger charge is 2.10. The molecule has 0 N–H and O–H groups in total. The summed E-state index contributed by atoms with van der Waals surface area (Å²) in [5, 5.41) is 8.19. The van der Waals surface area contributed by atoms with E-state index >= 15 is 0 Å². The zero-order chi connectivity index (χ0) is 13.7. The van der Waals surface area contributed by atoms with Gasteiger partial charge in [0.2, 0.25) is 0 Å². The van der Waals surface area contributed by atoms with Crippen LogP contribution >= 0.6 is 0 Å². The van der Waals surface area contributed by atoms with Gasteiger partial charge in [0.1, 0.15) is 5.82 Å². The van der Waals surface area contributed by atoms with Crippen LogP contribution in [0.15, 0.2) is 18.3 Å². The molecule has 0 radical (unpaired) electrons. The van der Waals surface area contributed by atoms with Crippen LogP contribution in [0, 0.1) is 0 Å². The average molecular weight is 263 g/mol. The van der Waals surface area contributed by atoms with E-state index in [1.54, 1.807) is 18.3 Å². The molecular formula is C13H17N3O3. The largest absolute Gasteiger partial charge is 0.465 e. The molecule has 2 rings (SSSR count). The second-order valence-electron chi connectivity index (χ2n) is 4.05. The minimum absolute atomic E-state index is 0.365. The number of methoxy groups -OCH3 is 1. The van der Waals surface area contributed by atoms with Gasteiger partial charge in [-0.05, 0) is 25.5 Å². The number of esters is 1. The fraction of sp³-hybridized carbons (Fsp3) is 0.462. The molecule has 0 aromatic carbocycles. The monoisotopic (exact) mass is 263 g/mol. The van der Waals surface area contributed by atoms with Crippen LogP contribution < -0.4 is 0 Å². The third-order valence-electron chi connectivity index (χ3n) is 2.79. The smallest absolute Gasteiger partial charge is 0.339 e.